The van der Waals surface area contributed by atoms with Crippen LogP contribution in [-0.2, 0) is 16.1 Å². The number of thiazole rings is 1. The van der Waals surface area contributed by atoms with Crippen LogP contribution in [0.1, 0.15) is 29.9 Å². The average Bonchev–Trinajstić information content (AvgIpc) is 3.44. The third-order valence-corrected chi connectivity index (χ3v) is 6.33. The SMILES string of the molecule is CCN(C(C)=O)c1nc(COC(=O)c2cc(-c3cccs3)nc3ccccc23)cs1. The minimum Gasteiger partial charge on any atom is -0.456 e. The number of aromatic nitrogens is 2. The lowest BCUT2D eigenvalue weighted by Crippen LogP contribution is -2.27. The third-order valence-electron chi connectivity index (χ3n) is 4.53. The number of carbonyl (C=O) groups excluding carboxylic acids is 2. The Labute approximate surface area is 181 Å². The molecule has 0 bridgehead atoms. The second-order valence-corrected chi connectivity index (χ2v) is 8.29. The van der Waals surface area contributed by atoms with Crippen LogP contribution in [0.15, 0.2) is 53.2 Å². The second kappa shape index (κ2) is 8.73. The van der Waals surface area contributed by atoms with Crippen LogP contribution >= 0.6 is 22.7 Å². The minimum atomic E-state index is -0.431. The van der Waals surface area contributed by atoms with Gasteiger partial charge in [0.25, 0.3) is 0 Å². The van der Waals surface area contributed by atoms with Gasteiger partial charge in [0.05, 0.1) is 27.3 Å². The molecule has 6 nitrogen and oxygen atoms in total. The number of amides is 1. The molecule has 4 aromatic rings. The fraction of sp³-hybridized carbons (Fsp3) is 0.182. The molecule has 4 rings (SSSR count). The Morgan fingerprint density at radius 3 is 2.67 bits per heavy atom. The van der Waals surface area contributed by atoms with Gasteiger partial charge < -0.3 is 4.74 Å². The van der Waals surface area contributed by atoms with Crippen LogP contribution in [0.2, 0.25) is 0 Å². The number of para-hydroxylation sites is 1. The van der Waals surface area contributed by atoms with Gasteiger partial charge in [-0.1, -0.05) is 24.3 Å². The van der Waals surface area contributed by atoms with Gasteiger partial charge in [-0.3, -0.25) is 9.69 Å². The number of hydrogen-bond donors (Lipinski definition) is 0. The zero-order valence-corrected chi connectivity index (χ0v) is 18.1. The summed E-state index contributed by atoms with van der Waals surface area (Å²) < 4.78 is 5.56. The van der Waals surface area contributed by atoms with Crippen LogP contribution in [0.3, 0.4) is 0 Å². The van der Waals surface area contributed by atoms with E-state index < -0.39 is 5.97 Å². The second-order valence-electron chi connectivity index (χ2n) is 6.51. The van der Waals surface area contributed by atoms with Crippen molar-refractivity contribution < 1.29 is 14.3 Å². The van der Waals surface area contributed by atoms with Crippen molar-refractivity contribution in [3.63, 3.8) is 0 Å². The molecule has 3 aromatic heterocycles. The molecule has 0 radical (unpaired) electrons. The van der Waals surface area contributed by atoms with Crippen molar-refractivity contribution in [1.82, 2.24) is 9.97 Å². The summed E-state index contributed by atoms with van der Waals surface area (Å²) in [5.74, 6) is -0.500. The Morgan fingerprint density at radius 1 is 1.10 bits per heavy atom. The lowest BCUT2D eigenvalue weighted by molar-refractivity contribution is -0.116. The number of rotatable bonds is 6. The van der Waals surface area contributed by atoms with Gasteiger partial charge in [-0.15, -0.1) is 22.7 Å². The van der Waals surface area contributed by atoms with Crippen molar-refractivity contribution in [3.8, 4) is 10.6 Å². The summed E-state index contributed by atoms with van der Waals surface area (Å²) in [6.07, 6.45) is 0. The molecule has 0 N–H and O–H groups in total. The highest BCUT2D eigenvalue weighted by atomic mass is 32.1. The first-order valence-corrected chi connectivity index (χ1v) is 11.2. The van der Waals surface area contributed by atoms with E-state index in [2.05, 4.69) is 9.97 Å². The first-order valence-electron chi connectivity index (χ1n) is 9.40. The number of nitrogens with zero attached hydrogens (tertiary/aromatic N) is 3. The maximum atomic E-state index is 12.9. The van der Waals surface area contributed by atoms with Crippen LogP contribution in [0, 0.1) is 0 Å². The molecule has 0 saturated carbocycles. The Kier molecular flexibility index (Phi) is 5.87. The van der Waals surface area contributed by atoms with E-state index in [0.29, 0.717) is 22.9 Å². The van der Waals surface area contributed by atoms with E-state index >= 15 is 0 Å². The summed E-state index contributed by atoms with van der Waals surface area (Å²) >= 11 is 2.92. The van der Waals surface area contributed by atoms with Gasteiger partial charge in [-0.2, -0.15) is 0 Å². The molecule has 0 aliphatic heterocycles. The fourth-order valence-electron chi connectivity index (χ4n) is 3.09. The molecule has 0 fully saturated rings. The lowest BCUT2D eigenvalue weighted by atomic mass is 10.1. The van der Waals surface area contributed by atoms with Gasteiger partial charge in [0, 0.05) is 24.2 Å². The number of ether oxygens (including phenoxy) is 1. The van der Waals surface area contributed by atoms with E-state index in [1.165, 1.54) is 18.3 Å². The van der Waals surface area contributed by atoms with Crippen LogP contribution in [0.5, 0.6) is 0 Å². The highest BCUT2D eigenvalue weighted by molar-refractivity contribution is 7.14. The number of benzene rings is 1. The first kappa shape index (κ1) is 20.2. The van der Waals surface area contributed by atoms with Crippen molar-refractivity contribution in [2.75, 3.05) is 11.4 Å². The molecule has 152 valence electrons. The van der Waals surface area contributed by atoms with Crippen molar-refractivity contribution in [2.24, 2.45) is 0 Å². The quantitative estimate of drug-likeness (QED) is 0.390. The normalized spacial score (nSPS) is 10.9. The van der Waals surface area contributed by atoms with Gasteiger partial charge in [0.2, 0.25) is 5.91 Å². The minimum absolute atomic E-state index is 0.0375. The summed E-state index contributed by atoms with van der Waals surface area (Å²) in [4.78, 5) is 36.3. The van der Waals surface area contributed by atoms with E-state index in [4.69, 9.17) is 4.74 Å². The molecule has 0 saturated heterocycles. The predicted octanol–water partition coefficient (Wildman–Crippen LogP) is 5.15. The Hall–Kier alpha value is -3.10. The van der Waals surface area contributed by atoms with E-state index in [-0.39, 0.29) is 12.5 Å². The maximum absolute atomic E-state index is 12.9. The maximum Gasteiger partial charge on any atom is 0.339 e. The zero-order chi connectivity index (χ0) is 21.1. The monoisotopic (exact) mass is 437 g/mol. The summed E-state index contributed by atoms with van der Waals surface area (Å²) in [6.45, 7) is 3.97. The van der Waals surface area contributed by atoms with Gasteiger partial charge in [-0.25, -0.2) is 14.8 Å². The molecule has 0 unspecified atom stereocenters. The van der Waals surface area contributed by atoms with Gasteiger partial charge in [0.1, 0.15) is 6.61 Å². The summed E-state index contributed by atoms with van der Waals surface area (Å²) in [5.41, 5.74) is 2.57. The Morgan fingerprint density at radius 2 is 1.93 bits per heavy atom. The molecule has 1 amide bonds. The molecular weight excluding hydrogens is 418 g/mol. The van der Waals surface area contributed by atoms with Crippen LogP contribution in [-0.4, -0.2) is 28.4 Å². The zero-order valence-electron chi connectivity index (χ0n) is 16.5. The van der Waals surface area contributed by atoms with Crippen LogP contribution in [0.25, 0.3) is 21.5 Å². The standard InChI is InChI=1S/C22H19N3O3S2/c1-3-25(14(2)26)22-23-15(13-30-22)12-28-21(27)17-11-19(20-9-6-10-29-20)24-18-8-5-4-7-16(17)18/h4-11,13H,3,12H2,1-2H3. The Balaban J connectivity index is 1.58. The number of hydrogen-bond acceptors (Lipinski definition) is 7. The topological polar surface area (TPSA) is 72.4 Å². The largest absolute Gasteiger partial charge is 0.456 e. The molecule has 0 spiro atoms. The number of fused-ring (bicyclic) bond motifs is 1. The number of anilines is 1. The average molecular weight is 438 g/mol. The molecular formula is C22H19N3O3S2. The lowest BCUT2D eigenvalue weighted by Gasteiger charge is -2.14. The van der Waals surface area contributed by atoms with Crippen LogP contribution < -0.4 is 4.90 Å². The van der Waals surface area contributed by atoms with E-state index in [9.17, 15) is 9.59 Å². The third kappa shape index (κ3) is 4.10. The van der Waals surface area contributed by atoms with Gasteiger partial charge >= 0.3 is 5.97 Å². The molecule has 3 heterocycles. The molecule has 8 heteroatoms. The number of carbonyl (C=O) groups is 2. The van der Waals surface area contributed by atoms with E-state index in [0.717, 1.165) is 21.5 Å². The summed E-state index contributed by atoms with van der Waals surface area (Å²) in [5, 5.41) is 5.13. The first-order chi connectivity index (χ1) is 14.6. The van der Waals surface area contributed by atoms with E-state index in [1.807, 2.05) is 48.7 Å². The van der Waals surface area contributed by atoms with E-state index in [1.54, 1.807) is 27.7 Å². The molecule has 0 aliphatic carbocycles. The van der Waals surface area contributed by atoms with Crippen molar-refractivity contribution in [1.29, 1.82) is 0 Å². The molecule has 0 aliphatic rings. The predicted molar refractivity (Wildman–Crippen MR) is 120 cm³/mol. The summed E-state index contributed by atoms with van der Waals surface area (Å²) in [7, 11) is 0. The van der Waals surface area contributed by atoms with Crippen molar-refractivity contribution >= 4 is 50.6 Å². The van der Waals surface area contributed by atoms with Crippen molar-refractivity contribution in [3.05, 3.63) is 64.5 Å². The molecule has 1 aromatic carbocycles. The summed E-state index contributed by atoms with van der Waals surface area (Å²) in [6, 6.07) is 13.2. The van der Waals surface area contributed by atoms with Crippen molar-refractivity contribution in [2.45, 2.75) is 20.5 Å². The smallest absolute Gasteiger partial charge is 0.339 e. The van der Waals surface area contributed by atoms with Gasteiger partial charge in [0.15, 0.2) is 5.13 Å². The highest BCUT2D eigenvalue weighted by Crippen LogP contribution is 2.28. The Bertz CT molecular complexity index is 1200. The number of esters is 1. The molecule has 0 atom stereocenters. The van der Waals surface area contributed by atoms with Crippen LogP contribution in [0.4, 0.5) is 5.13 Å². The van der Waals surface area contributed by atoms with Gasteiger partial charge in [-0.05, 0) is 30.5 Å². The number of pyridine rings is 1. The number of thiophene rings is 1. The fourth-order valence-corrected chi connectivity index (χ4v) is 4.69. The highest BCUT2D eigenvalue weighted by Gasteiger charge is 2.18. The molecule has 30 heavy (non-hydrogen) atoms.